The molecule has 10 aromatic rings. The number of rotatable bonds is 8. The second-order valence-electron chi connectivity index (χ2n) is 26.4. The summed E-state index contributed by atoms with van der Waals surface area (Å²) in [5, 5.41) is 2.10. The predicted octanol–water partition coefficient (Wildman–Crippen LogP) is 20.5. The Morgan fingerprint density at radius 3 is 1.66 bits per heavy atom. The molecule has 0 N–H and O–H groups in total. The summed E-state index contributed by atoms with van der Waals surface area (Å²) in [6.07, 6.45) is 1.89. The van der Waals surface area contributed by atoms with Gasteiger partial charge >= 0.3 is 0 Å². The van der Waals surface area contributed by atoms with Gasteiger partial charge in [0.1, 0.15) is 5.82 Å². The smallest absolute Gasteiger partial charge is 0.135 e. The third-order valence-electron chi connectivity index (χ3n) is 15.4. The van der Waals surface area contributed by atoms with E-state index >= 15 is 0 Å². The van der Waals surface area contributed by atoms with Gasteiger partial charge in [-0.05, 0) is 125 Å². The predicted molar refractivity (Wildman–Crippen MR) is 334 cm³/mol. The molecule has 0 unspecified atom stereocenters. The summed E-state index contributed by atoms with van der Waals surface area (Å²) in [5.74, 6) is 1.78. The first-order chi connectivity index (χ1) is 39.4. The number of aromatic nitrogens is 2. The average molecular weight is 1240 g/mol. The first kappa shape index (κ1) is 49.8. The maximum Gasteiger partial charge on any atom is 0.135 e. The van der Waals surface area contributed by atoms with Crippen LogP contribution in [0.2, 0.25) is 0 Å². The van der Waals surface area contributed by atoms with Crippen LogP contribution < -0.4 is 14.5 Å². The van der Waals surface area contributed by atoms with Crippen molar-refractivity contribution in [2.75, 3.05) is 9.80 Å². The molecule has 3 heterocycles. The molecule has 410 valence electrons. The van der Waals surface area contributed by atoms with Crippen LogP contribution in [0, 0.1) is 18.8 Å². The fraction of sp³-hybridized carbons (Fsp3) is 0.270. The van der Waals surface area contributed by atoms with Gasteiger partial charge in [0.05, 0.1) is 6.85 Å². The van der Waals surface area contributed by atoms with Crippen LogP contribution in [0.1, 0.15) is 139 Å². The Morgan fingerprint density at radius 2 is 1.04 bits per heavy atom. The minimum Gasteiger partial charge on any atom is -0.509 e. The van der Waals surface area contributed by atoms with Gasteiger partial charge in [0.15, 0.2) is 0 Å². The van der Waals surface area contributed by atoms with Gasteiger partial charge in [-0.25, -0.2) is 4.98 Å². The van der Waals surface area contributed by atoms with Gasteiger partial charge in [0.2, 0.25) is 0 Å². The number of ether oxygens (including phenoxy) is 1. The van der Waals surface area contributed by atoms with Crippen LogP contribution >= 0.6 is 0 Å². The molecule has 0 bridgehead atoms. The van der Waals surface area contributed by atoms with E-state index in [1.165, 1.54) is 11.1 Å². The minimum absolute atomic E-state index is 0. The SMILES string of the molecule is [2H]c1c([2H])c([2H])c(-c2cc(C(C)(C)C)cc(-c3cc(C(C)(C)C)cc(C(C)(C)C)c3)c2N2[CH-]N(c3[c-]c(Oc4[c-]c5c(cc4)c4cc(-c6ccc(C(C)(C)C)cc6)ccc4n5-c4cc(C(C)(C)C)ccn4)ccc3)c3ccccc32)c([2H])c1[2H].[Pt]. The van der Waals surface area contributed by atoms with Crippen LogP contribution in [0.5, 0.6) is 11.5 Å². The molecule has 1 aliphatic rings. The Balaban J connectivity index is 0.00000803. The van der Waals surface area contributed by atoms with Crippen LogP contribution in [-0.2, 0) is 48.1 Å². The first-order valence-electron chi connectivity index (χ1n) is 30.1. The molecule has 5 nitrogen and oxygen atoms in total. The van der Waals surface area contributed by atoms with Gasteiger partial charge in [0.25, 0.3) is 0 Å². The molecule has 0 amide bonds. The van der Waals surface area contributed by atoms with Gasteiger partial charge in [-0.3, -0.25) is 0 Å². The van der Waals surface area contributed by atoms with Crippen molar-refractivity contribution >= 4 is 44.6 Å². The number of anilines is 4. The van der Waals surface area contributed by atoms with E-state index in [1.807, 2.05) is 55.3 Å². The average Bonchev–Trinajstić information content (AvgIpc) is 1.79. The fourth-order valence-electron chi connectivity index (χ4n) is 10.6. The number of pyridine rings is 1. The van der Waals surface area contributed by atoms with Crippen molar-refractivity contribution in [3.05, 3.63) is 223 Å². The van der Waals surface area contributed by atoms with Gasteiger partial charge in [0, 0.05) is 72.5 Å². The normalized spacial score (nSPS) is 14.1. The van der Waals surface area contributed by atoms with Crippen LogP contribution in [0.25, 0.3) is 61.0 Å². The Bertz CT molecular complexity index is 4180. The molecule has 0 atom stereocenters. The van der Waals surface area contributed by atoms with Crippen LogP contribution in [0.15, 0.2) is 176 Å². The summed E-state index contributed by atoms with van der Waals surface area (Å²) < 4.78 is 54.6. The summed E-state index contributed by atoms with van der Waals surface area (Å²) in [4.78, 5) is 9.16. The Kier molecular flexibility index (Phi) is 12.9. The van der Waals surface area contributed by atoms with E-state index in [0.717, 1.165) is 77.9 Å². The molecule has 0 saturated heterocycles. The van der Waals surface area contributed by atoms with Gasteiger partial charge < -0.3 is 19.1 Å². The molecular weight excluding hydrogens is 1160 g/mol. The zero-order valence-corrected chi connectivity index (χ0v) is 51.2. The van der Waals surface area contributed by atoms with Crippen LogP contribution in [0.4, 0.5) is 22.7 Å². The summed E-state index contributed by atoms with van der Waals surface area (Å²) in [6.45, 7) is 35.2. The van der Waals surface area contributed by atoms with E-state index in [9.17, 15) is 2.74 Å². The molecule has 0 fully saturated rings. The number of hydrogen-bond donors (Lipinski definition) is 0. The largest absolute Gasteiger partial charge is 0.509 e. The Hall–Kier alpha value is -7.20. The van der Waals surface area contributed by atoms with Gasteiger partial charge in [-0.1, -0.05) is 206 Å². The molecular formula is C74H75N4OPt-3. The maximum absolute atomic E-state index is 9.49. The van der Waals surface area contributed by atoms with E-state index in [2.05, 4.69) is 227 Å². The van der Waals surface area contributed by atoms with Gasteiger partial charge in [-0.15, -0.1) is 48.1 Å². The first-order valence-corrected chi connectivity index (χ1v) is 27.6. The van der Waals surface area contributed by atoms with Crippen molar-refractivity contribution in [2.45, 2.75) is 131 Å². The van der Waals surface area contributed by atoms with Crippen molar-refractivity contribution in [2.24, 2.45) is 0 Å². The fourth-order valence-corrected chi connectivity index (χ4v) is 10.6. The molecule has 1 aliphatic heterocycles. The number of hydrogen-bond acceptors (Lipinski definition) is 4. The third kappa shape index (κ3) is 10.9. The van der Waals surface area contributed by atoms with Crippen LogP contribution in [0.3, 0.4) is 0 Å². The molecule has 6 heteroatoms. The summed E-state index contributed by atoms with van der Waals surface area (Å²) in [5.41, 5.74) is 14.5. The topological polar surface area (TPSA) is 33.5 Å². The number of para-hydroxylation sites is 2. The molecule has 2 aromatic heterocycles. The molecule has 80 heavy (non-hydrogen) atoms. The molecule has 0 spiro atoms. The van der Waals surface area contributed by atoms with E-state index in [0.29, 0.717) is 28.4 Å². The van der Waals surface area contributed by atoms with E-state index in [-0.39, 0.29) is 72.5 Å². The Labute approximate surface area is 498 Å². The number of nitrogens with zero attached hydrogens (tertiary/aromatic N) is 4. The minimum atomic E-state index is -0.438. The monoisotopic (exact) mass is 1240 g/mol. The summed E-state index contributed by atoms with van der Waals surface area (Å²) in [6, 6.07) is 54.5. The van der Waals surface area contributed by atoms with Crippen molar-refractivity contribution in [1.29, 1.82) is 0 Å². The Morgan fingerprint density at radius 1 is 0.463 bits per heavy atom. The van der Waals surface area contributed by atoms with Crippen LogP contribution in [-0.4, -0.2) is 9.55 Å². The molecule has 0 radical (unpaired) electrons. The maximum atomic E-state index is 9.49. The third-order valence-corrected chi connectivity index (χ3v) is 15.4. The quantitative estimate of drug-likeness (QED) is 0.142. The van der Waals surface area contributed by atoms with E-state index in [1.54, 1.807) is 0 Å². The molecule has 8 aromatic carbocycles. The van der Waals surface area contributed by atoms with Crippen molar-refractivity contribution < 1.29 is 32.7 Å². The standard InChI is InChI=1S/C74H75N4O.Pt/c1-70(2,3)52-31-28-48(29-32-52)50-30-35-64-63(40-50)60-34-33-59(46-67(60)78(64)68-44-53(36-37-75-68)71(4,5)6)79-58-25-21-24-57(45-58)76-47-77(66-27-20-19-26-65(66)76)69-61(49-22-17-16-18-23-49)42-56(74(13,14)15)43-62(69)51-38-54(72(7,8)9)41-55(39-51)73(10,11)12;/h16-44,47H,1-15H3;/q-3;/i16D,17D,18D,22D,23D;. The van der Waals surface area contributed by atoms with Crippen molar-refractivity contribution in [3.8, 4) is 50.7 Å². The molecule has 0 aliphatic carbocycles. The van der Waals surface area contributed by atoms with Gasteiger partial charge in [-0.2, -0.15) is 12.1 Å². The number of fused-ring (bicyclic) bond motifs is 4. The zero-order chi connectivity index (χ0) is 60.3. The summed E-state index contributed by atoms with van der Waals surface area (Å²) >= 11 is 0. The molecule has 11 rings (SSSR count). The molecule has 0 saturated carbocycles. The second kappa shape index (κ2) is 20.7. The van der Waals surface area contributed by atoms with E-state index < -0.39 is 11.5 Å². The zero-order valence-electron chi connectivity index (χ0n) is 53.9. The summed E-state index contributed by atoms with van der Waals surface area (Å²) in [7, 11) is 0. The number of benzene rings is 8. The van der Waals surface area contributed by atoms with Crippen molar-refractivity contribution in [1.82, 2.24) is 9.55 Å². The second-order valence-corrected chi connectivity index (χ2v) is 26.4. The van der Waals surface area contributed by atoms with Crippen molar-refractivity contribution in [3.63, 3.8) is 0 Å². The van der Waals surface area contributed by atoms with E-state index in [4.69, 9.17) is 13.8 Å².